The van der Waals surface area contributed by atoms with Gasteiger partial charge in [0.25, 0.3) is 0 Å². The number of rotatable bonds is 34. The summed E-state index contributed by atoms with van der Waals surface area (Å²) in [6.07, 6.45) is 9.70. The van der Waals surface area contributed by atoms with E-state index >= 15 is 4.39 Å². The molecule has 0 N–H and O–H groups in total. The van der Waals surface area contributed by atoms with Crippen LogP contribution in [-0.4, -0.2) is 181 Å². The van der Waals surface area contributed by atoms with Gasteiger partial charge in [0.15, 0.2) is 23.6 Å². The van der Waals surface area contributed by atoms with E-state index in [-0.39, 0.29) is 55.2 Å². The van der Waals surface area contributed by atoms with E-state index in [1.165, 1.54) is 0 Å². The van der Waals surface area contributed by atoms with Crippen molar-refractivity contribution in [2.24, 2.45) is 11.8 Å². The smallest absolute Gasteiger partial charge is 0.464 e. The van der Waals surface area contributed by atoms with Crippen LogP contribution >= 0.6 is 22.6 Å². The van der Waals surface area contributed by atoms with E-state index in [0.717, 1.165) is 127 Å². The van der Waals surface area contributed by atoms with Gasteiger partial charge in [-0.2, -0.15) is 19.2 Å². The first-order valence-corrected chi connectivity index (χ1v) is 56.2. The molecule has 1 aliphatic heterocycles. The molecule has 0 bridgehead atoms. The predicted molar refractivity (Wildman–Crippen MR) is 466 cm³/mol. The summed E-state index contributed by atoms with van der Waals surface area (Å²) in [4.78, 5) is 47.9. The topological polar surface area (TPSA) is 201 Å². The van der Waals surface area contributed by atoms with Crippen LogP contribution in [0.4, 0.5) is 20.4 Å². The number of hydrogen-bond acceptors (Lipinski definition) is 18. The first-order valence-electron chi connectivity index (χ1n) is 40.2. The Morgan fingerprint density at radius 1 is 0.509 bits per heavy atom. The summed E-state index contributed by atoms with van der Waals surface area (Å²) < 4.78 is 81.4. The highest BCUT2D eigenvalue weighted by Gasteiger charge is 2.52. The van der Waals surface area contributed by atoms with Crippen molar-refractivity contribution in [3.05, 3.63) is 137 Å². The van der Waals surface area contributed by atoms with E-state index in [1.807, 2.05) is 88.4 Å². The highest BCUT2D eigenvalue weighted by Crippen LogP contribution is 2.42. The summed E-state index contributed by atoms with van der Waals surface area (Å²) >= 11 is 2.28. The fraction of sp³-hybridized carbons (Fsp3) is 0.571. The molecule has 2 atom stereocenters. The minimum atomic E-state index is -1.60. The largest absolute Gasteiger partial charge is 0.496 e. The van der Waals surface area contributed by atoms with Crippen molar-refractivity contribution in [3.8, 4) is 33.6 Å². The number of hydrogen-bond donors (Lipinski definition) is 0. The van der Waals surface area contributed by atoms with Gasteiger partial charge < -0.3 is 47.5 Å². The predicted octanol–water partition coefficient (Wildman–Crippen LogP) is 19.1. The Bertz CT molecular complexity index is 4190. The molecule has 0 spiro atoms. The zero-order valence-corrected chi connectivity index (χ0v) is 76.0. The maximum Gasteiger partial charge on any atom is 0.496 e. The number of carbonyl (C=O) groups excluding carboxylic acids is 2. The number of alkyl halides is 2. The van der Waals surface area contributed by atoms with Gasteiger partial charge in [0.2, 0.25) is 0 Å². The zero-order valence-electron chi connectivity index (χ0n) is 69.8. The van der Waals surface area contributed by atoms with Gasteiger partial charge in [0, 0.05) is 146 Å². The summed E-state index contributed by atoms with van der Waals surface area (Å²) in [6, 6.07) is 36.9. The van der Waals surface area contributed by atoms with Crippen LogP contribution in [0.1, 0.15) is 116 Å². The molecule has 0 amide bonds. The molecule has 2 aliphatic carbocycles. The Kier molecular flexibility index (Phi) is 32.5. The maximum absolute atomic E-state index is 15.0. The monoisotopic (exact) mass is 1720 g/mol. The average molecular weight is 1720 g/mol. The molecule has 1 saturated heterocycles. The fourth-order valence-corrected chi connectivity index (χ4v) is 16.9. The molecule has 20 nitrogen and oxygen atoms in total. The highest BCUT2D eigenvalue weighted by molar-refractivity contribution is 14.1. The second-order valence-electron chi connectivity index (χ2n) is 35.8. The fourth-order valence-electron chi connectivity index (χ4n) is 13.4. The van der Waals surface area contributed by atoms with Gasteiger partial charge in [-0.15, -0.1) is 0 Å². The van der Waals surface area contributed by atoms with Crippen LogP contribution in [0.25, 0.3) is 44.9 Å². The minimum absolute atomic E-state index is 0.100. The highest BCUT2D eigenvalue weighted by atomic mass is 127. The third-order valence-electron chi connectivity index (χ3n) is 21.3. The van der Waals surface area contributed by atoms with Crippen molar-refractivity contribution in [2.45, 2.75) is 231 Å². The summed E-state index contributed by atoms with van der Waals surface area (Å²) in [5.74, 6) is -0.123. The summed E-state index contributed by atoms with van der Waals surface area (Å²) in [6.45, 7) is 44.6. The second-order valence-corrected chi connectivity index (χ2v) is 59.5. The van der Waals surface area contributed by atoms with E-state index in [0.29, 0.717) is 79.0 Å². The molecule has 2 aromatic carbocycles. The molecular formula is C84H124BF2IN10O10Si4. The molecule has 28 heteroatoms. The van der Waals surface area contributed by atoms with Crippen LogP contribution in [0.3, 0.4) is 0 Å². The Morgan fingerprint density at radius 2 is 0.884 bits per heavy atom. The third kappa shape index (κ3) is 26.2. The molecule has 610 valence electrons. The molecule has 2 saturated carbocycles. The van der Waals surface area contributed by atoms with Crippen molar-refractivity contribution < 1.29 is 56.1 Å². The zero-order chi connectivity index (χ0) is 81.2. The van der Waals surface area contributed by atoms with Gasteiger partial charge in [0.05, 0.1) is 51.8 Å². The molecule has 112 heavy (non-hydrogen) atoms. The van der Waals surface area contributed by atoms with Gasteiger partial charge in [0.1, 0.15) is 38.6 Å². The van der Waals surface area contributed by atoms with Gasteiger partial charge in [-0.05, 0) is 152 Å². The lowest BCUT2D eigenvalue weighted by atomic mass is 9.78. The molecule has 0 radical (unpaired) electrons. The minimum Gasteiger partial charge on any atom is -0.464 e. The van der Waals surface area contributed by atoms with Gasteiger partial charge in [-0.3, -0.25) is 9.97 Å². The Labute approximate surface area is 682 Å². The van der Waals surface area contributed by atoms with E-state index in [2.05, 4.69) is 191 Å². The normalized spacial score (nSPS) is 18.5. The van der Waals surface area contributed by atoms with E-state index in [9.17, 15) is 14.0 Å². The van der Waals surface area contributed by atoms with E-state index in [1.54, 1.807) is 13.8 Å². The van der Waals surface area contributed by atoms with Crippen molar-refractivity contribution in [3.63, 3.8) is 0 Å². The number of pyridine rings is 2. The number of esters is 2. The molecular weight excluding hydrogens is 1600 g/mol. The summed E-state index contributed by atoms with van der Waals surface area (Å²) in [5.41, 5.74) is 9.54. The number of aromatic nitrogens is 8. The first kappa shape index (κ1) is 89.7. The van der Waals surface area contributed by atoms with Crippen LogP contribution in [0, 0.1) is 15.4 Å². The standard InChI is InChI=1S/C39H56FN5O4Si2.C28H48FIN4O4Si2.C17H20BNO2/c1-8-49-39(46)37(40)31-16-14-30(15-17-31)35-24-36(44(27-47-20-22-50(2,3)4)28-48-21-23-51(5,6)7)45-38(43-35)33(26-42-45)32-18-19-34(41-25-32)29-12-10-9-11-13-29;1-8-38-28(35)26(29)22-11-9-21(10-12-22)24-17-25(34-27(32-24)23(30)18-31-34)33(19-36-13-15-39(2,3)4)20-37-14-16-40(5,6)7;1-16(2)17(3,4)21-18(20-16)14-10-11-15(19-12-14)13-8-6-5-7-9-13/h9-13,18-19,24-26,30-31,37H,8,14-17,20-23,27-28H2,1-7H3;17-18,21-22,26H,8-16,19-20H2,1-7H3;5-12H,1-4H3. The number of nitrogens with zero attached hydrogens (tertiary/aromatic N) is 10. The number of ether oxygens (including phenoxy) is 6. The van der Waals surface area contributed by atoms with Gasteiger partial charge in [-0.25, -0.2) is 28.3 Å². The SMILES string of the molecule is CC1(C)OB(c2ccc(-c3ccccc3)nc2)OC1(C)C.CCOC(=O)C(F)C1CCC(c2cc(N(COCC[Si](C)(C)C)COCC[Si](C)(C)C)n3ncc(-c4ccc(-c5ccccc5)nc4)c3n2)CC1.CCOC(=O)C(F)C1CCC(c2cc(N(COCC[Si](C)(C)C)COCC[Si](C)(C)C)n3ncc(I)c3n2)CC1. The van der Waals surface area contributed by atoms with Gasteiger partial charge >= 0.3 is 19.1 Å². The average Bonchev–Trinajstić information content (AvgIpc) is 1.60. The van der Waals surface area contributed by atoms with E-state index in [4.69, 9.17) is 57.8 Å². The quantitative estimate of drug-likeness (QED) is 0.0121. The Balaban J connectivity index is 0.000000209. The molecule has 8 aromatic rings. The second kappa shape index (κ2) is 40.6. The number of fused-ring (bicyclic) bond motifs is 2. The number of benzene rings is 2. The van der Waals surface area contributed by atoms with Crippen molar-refractivity contribution in [2.75, 3.05) is 76.4 Å². The molecule has 3 fully saturated rings. The Hall–Kier alpha value is -6.20. The molecule has 3 aliphatic rings. The van der Waals surface area contributed by atoms with Crippen molar-refractivity contribution in [1.29, 1.82) is 0 Å². The third-order valence-corrected chi connectivity index (χ3v) is 28.9. The lowest BCUT2D eigenvalue weighted by molar-refractivity contribution is -0.152. The summed E-state index contributed by atoms with van der Waals surface area (Å²) in [7, 11) is -5.34. The molecule has 11 rings (SSSR count). The molecule has 6 aromatic heterocycles. The van der Waals surface area contributed by atoms with Crippen molar-refractivity contribution >= 4 is 102 Å². The number of anilines is 2. The van der Waals surface area contributed by atoms with Crippen LogP contribution < -0.4 is 15.3 Å². The number of carbonyl (C=O) groups is 2. The molecule has 7 heterocycles. The Morgan fingerprint density at radius 3 is 1.25 bits per heavy atom. The number of halogens is 3. The van der Waals surface area contributed by atoms with Crippen LogP contribution in [0.2, 0.25) is 103 Å². The lowest BCUT2D eigenvalue weighted by Crippen LogP contribution is -2.41. The van der Waals surface area contributed by atoms with Crippen LogP contribution in [0.15, 0.2) is 122 Å². The first-order chi connectivity index (χ1) is 53.0. The van der Waals surface area contributed by atoms with Crippen LogP contribution in [-0.2, 0) is 47.3 Å². The van der Waals surface area contributed by atoms with Crippen LogP contribution in [0.5, 0.6) is 0 Å². The maximum atomic E-state index is 15.0. The lowest BCUT2D eigenvalue weighted by Gasteiger charge is -2.32. The van der Waals surface area contributed by atoms with Crippen molar-refractivity contribution in [1.82, 2.24) is 39.2 Å². The summed E-state index contributed by atoms with van der Waals surface area (Å²) in [5, 5.41) is 9.52. The molecule has 2 unspecified atom stereocenters. The van der Waals surface area contributed by atoms with E-state index < -0.39 is 56.6 Å². The van der Waals surface area contributed by atoms with Gasteiger partial charge in [-0.1, -0.05) is 151 Å².